The maximum atomic E-state index is 12.8. The van der Waals surface area contributed by atoms with Crippen LogP contribution in [0.4, 0.5) is 11.4 Å². The molecule has 2 aromatic carbocycles. The second kappa shape index (κ2) is 5.45. The molecule has 2 aromatic rings. The van der Waals surface area contributed by atoms with Crippen LogP contribution in [0.1, 0.15) is 28.8 Å². The van der Waals surface area contributed by atoms with Gasteiger partial charge < -0.3 is 9.80 Å². The highest BCUT2D eigenvalue weighted by atomic mass is 16.1. The Labute approximate surface area is 142 Å². The molecule has 0 aromatic heterocycles. The quantitative estimate of drug-likeness (QED) is 0.802. The standard InChI is InChI=1S/C21H22N2O/c24-21-13-16-5-1-3-7-18(16)23(19-8-4-2-6-17(19)21)20-14-22-11-9-15(20)10-12-22/h1-8,15,20H,9-14H2. The van der Waals surface area contributed by atoms with Gasteiger partial charge in [0.1, 0.15) is 0 Å². The predicted octanol–water partition coefficient (Wildman–Crippen LogP) is 3.66. The topological polar surface area (TPSA) is 23.6 Å². The van der Waals surface area contributed by atoms with Crippen molar-refractivity contribution in [2.45, 2.75) is 25.3 Å². The van der Waals surface area contributed by atoms with E-state index >= 15 is 0 Å². The van der Waals surface area contributed by atoms with Gasteiger partial charge in [0, 0.05) is 30.3 Å². The molecule has 3 fully saturated rings. The molecule has 4 aliphatic heterocycles. The molecule has 0 N–H and O–H groups in total. The average Bonchev–Trinajstić information content (AvgIpc) is 2.77. The lowest BCUT2D eigenvalue weighted by Crippen LogP contribution is -2.56. The Kier molecular flexibility index (Phi) is 3.23. The molecule has 1 atom stereocenters. The molecule has 122 valence electrons. The first-order chi connectivity index (χ1) is 11.8. The molecule has 1 unspecified atom stereocenters. The molecule has 3 saturated heterocycles. The number of benzene rings is 2. The van der Waals surface area contributed by atoms with Crippen molar-refractivity contribution in [2.24, 2.45) is 5.92 Å². The highest BCUT2D eigenvalue weighted by molar-refractivity contribution is 6.05. The Balaban J connectivity index is 1.70. The smallest absolute Gasteiger partial charge is 0.169 e. The highest BCUT2D eigenvalue weighted by Gasteiger charge is 2.40. The van der Waals surface area contributed by atoms with Crippen molar-refractivity contribution in [3.05, 3.63) is 59.7 Å². The Morgan fingerprint density at radius 2 is 1.58 bits per heavy atom. The highest BCUT2D eigenvalue weighted by Crippen LogP contribution is 2.42. The lowest BCUT2D eigenvalue weighted by molar-refractivity contribution is 0.0894. The number of rotatable bonds is 1. The molecule has 24 heavy (non-hydrogen) atoms. The summed E-state index contributed by atoms with van der Waals surface area (Å²) in [6.45, 7) is 3.58. The Hall–Kier alpha value is -2.13. The molecule has 6 rings (SSSR count). The van der Waals surface area contributed by atoms with Crippen molar-refractivity contribution in [2.75, 3.05) is 24.5 Å². The maximum absolute atomic E-state index is 12.8. The zero-order valence-corrected chi connectivity index (χ0v) is 13.8. The number of hydrogen-bond acceptors (Lipinski definition) is 3. The number of hydrogen-bond donors (Lipinski definition) is 0. The van der Waals surface area contributed by atoms with Crippen LogP contribution >= 0.6 is 0 Å². The number of fused-ring (bicyclic) bond motifs is 5. The van der Waals surface area contributed by atoms with Gasteiger partial charge in [0.2, 0.25) is 0 Å². The Morgan fingerprint density at radius 3 is 2.33 bits per heavy atom. The molecule has 0 spiro atoms. The van der Waals surface area contributed by atoms with E-state index < -0.39 is 0 Å². The Morgan fingerprint density at radius 1 is 0.875 bits per heavy atom. The predicted molar refractivity (Wildman–Crippen MR) is 96.0 cm³/mol. The summed E-state index contributed by atoms with van der Waals surface area (Å²) in [4.78, 5) is 17.9. The van der Waals surface area contributed by atoms with E-state index in [-0.39, 0.29) is 5.78 Å². The zero-order valence-electron chi connectivity index (χ0n) is 13.8. The minimum absolute atomic E-state index is 0.238. The summed E-state index contributed by atoms with van der Waals surface area (Å²) in [6.07, 6.45) is 3.06. The molecule has 4 heterocycles. The molecular formula is C21H22N2O. The van der Waals surface area contributed by atoms with E-state index in [0.29, 0.717) is 12.5 Å². The van der Waals surface area contributed by atoms with Crippen molar-refractivity contribution < 1.29 is 4.79 Å². The minimum Gasteiger partial charge on any atom is -0.336 e. The number of piperidine rings is 3. The van der Waals surface area contributed by atoms with Gasteiger partial charge in [-0.2, -0.15) is 0 Å². The molecule has 4 aliphatic rings. The third-order valence-corrected chi connectivity index (χ3v) is 6.02. The van der Waals surface area contributed by atoms with Gasteiger partial charge in [0.05, 0.1) is 5.69 Å². The van der Waals surface area contributed by atoms with Crippen LogP contribution < -0.4 is 4.90 Å². The molecule has 0 amide bonds. The molecular weight excluding hydrogens is 296 g/mol. The lowest BCUT2D eigenvalue weighted by Gasteiger charge is -2.50. The first-order valence-corrected chi connectivity index (χ1v) is 9.03. The number of ketones is 1. The van der Waals surface area contributed by atoms with Crippen molar-refractivity contribution in [1.29, 1.82) is 0 Å². The van der Waals surface area contributed by atoms with Gasteiger partial charge >= 0.3 is 0 Å². The number of carbonyl (C=O) groups is 1. The molecule has 2 bridgehead atoms. The number of nitrogens with zero attached hydrogens (tertiary/aromatic N) is 2. The van der Waals surface area contributed by atoms with Crippen LogP contribution in [0.3, 0.4) is 0 Å². The normalized spacial score (nSPS) is 28.2. The van der Waals surface area contributed by atoms with E-state index in [9.17, 15) is 4.79 Å². The minimum atomic E-state index is 0.238. The van der Waals surface area contributed by atoms with E-state index in [4.69, 9.17) is 0 Å². The average molecular weight is 318 g/mol. The fraction of sp³-hybridized carbons (Fsp3) is 0.381. The van der Waals surface area contributed by atoms with Crippen LogP contribution in [0.5, 0.6) is 0 Å². The van der Waals surface area contributed by atoms with Crippen LogP contribution in [0, 0.1) is 5.92 Å². The molecule has 0 radical (unpaired) electrons. The van der Waals surface area contributed by atoms with Gasteiger partial charge in [0.15, 0.2) is 5.78 Å². The maximum Gasteiger partial charge on any atom is 0.169 e. The van der Waals surface area contributed by atoms with E-state index in [1.165, 1.54) is 31.6 Å². The largest absolute Gasteiger partial charge is 0.336 e. The number of carbonyl (C=O) groups excluding carboxylic acids is 1. The van der Waals surface area contributed by atoms with Gasteiger partial charge in [-0.25, -0.2) is 0 Å². The number of anilines is 2. The summed E-state index contributed by atoms with van der Waals surface area (Å²) >= 11 is 0. The SMILES string of the molecule is O=C1Cc2ccccc2N(C2CN3CCC2CC3)c2ccccc21. The van der Waals surface area contributed by atoms with Gasteiger partial charge in [0.25, 0.3) is 0 Å². The second-order valence-electron chi connectivity index (χ2n) is 7.32. The van der Waals surface area contributed by atoms with Crippen LogP contribution in [-0.2, 0) is 6.42 Å². The molecule has 3 heteroatoms. The third-order valence-electron chi connectivity index (χ3n) is 6.02. The monoisotopic (exact) mass is 318 g/mol. The summed E-state index contributed by atoms with van der Waals surface area (Å²) in [7, 11) is 0. The summed E-state index contributed by atoms with van der Waals surface area (Å²) < 4.78 is 0. The van der Waals surface area contributed by atoms with Gasteiger partial charge in [-0.3, -0.25) is 4.79 Å². The van der Waals surface area contributed by atoms with Crippen LogP contribution in [-0.4, -0.2) is 36.4 Å². The third kappa shape index (κ3) is 2.11. The fourth-order valence-electron chi connectivity index (χ4n) is 4.80. The summed E-state index contributed by atoms with van der Waals surface area (Å²) in [5.41, 5.74) is 4.38. The fourth-order valence-corrected chi connectivity index (χ4v) is 4.80. The molecule has 0 aliphatic carbocycles. The first-order valence-electron chi connectivity index (χ1n) is 9.03. The van der Waals surface area contributed by atoms with Crippen molar-refractivity contribution in [3.8, 4) is 0 Å². The van der Waals surface area contributed by atoms with Crippen molar-refractivity contribution in [1.82, 2.24) is 4.90 Å². The summed E-state index contributed by atoms with van der Waals surface area (Å²) in [5, 5.41) is 0. The van der Waals surface area contributed by atoms with Crippen molar-refractivity contribution >= 4 is 17.2 Å². The number of Topliss-reactive ketones (excluding diaryl/α,β-unsaturated/α-hetero) is 1. The molecule has 3 nitrogen and oxygen atoms in total. The van der Waals surface area contributed by atoms with E-state index in [1.807, 2.05) is 12.1 Å². The zero-order chi connectivity index (χ0) is 16.1. The molecule has 0 saturated carbocycles. The Bertz CT molecular complexity index is 792. The van der Waals surface area contributed by atoms with Crippen LogP contribution in [0.25, 0.3) is 0 Å². The van der Waals surface area contributed by atoms with Gasteiger partial charge in [-0.05, 0) is 55.6 Å². The van der Waals surface area contributed by atoms with E-state index in [1.54, 1.807) is 0 Å². The van der Waals surface area contributed by atoms with Crippen LogP contribution in [0.15, 0.2) is 48.5 Å². The second-order valence-corrected chi connectivity index (χ2v) is 7.32. The van der Waals surface area contributed by atoms with Gasteiger partial charge in [-0.1, -0.05) is 30.3 Å². The first kappa shape index (κ1) is 14.2. The van der Waals surface area contributed by atoms with Crippen molar-refractivity contribution in [3.63, 3.8) is 0 Å². The summed E-state index contributed by atoms with van der Waals surface area (Å²) in [6, 6.07) is 17.1. The summed E-state index contributed by atoms with van der Waals surface area (Å²) in [5.74, 6) is 0.964. The lowest BCUT2D eigenvalue weighted by atomic mass is 9.82. The van der Waals surface area contributed by atoms with Crippen LogP contribution in [0.2, 0.25) is 0 Å². The van der Waals surface area contributed by atoms with E-state index in [2.05, 4.69) is 46.2 Å². The van der Waals surface area contributed by atoms with Gasteiger partial charge in [-0.15, -0.1) is 0 Å². The van der Waals surface area contributed by atoms with E-state index in [0.717, 1.165) is 29.3 Å². The number of para-hydroxylation sites is 2.